The summed E-state index contributed by atoms with van der Waals surface area (Å²) in [6, 6.07) is 4.01. The molecule has 5 N–H and O–H groups in total. The number of fused-ring (bicyclic) bond motifs is 1. The minimum absolute atomic E-state index is 0.0119. The molecule has 11 heteroatoms. The lowest BCUT2D eigenvalue weighted by molar-refractivity contribution is -0.296. The van der Waals surface area contributed by atoms with Gasteiger partial charge in [-0.1, -0.05) is 12.1 Å². The molecule has 11 nitrogen and oxygen atoms in total. The van der Waals surface area contributed by atoms with Crippen LogP contribution in [-0.2, 0) is 14.3 Å². The quantitative estimate of drug-likeness (QED) is 0.256. The number of ether oxygens (including phenoxy) is 3. The number of aliphatic hydroxyl groups is 4. The van der Waals surface area contributed by atoms with Gasteiger partial charge < -0.3 is 40.0 Å². The normalized spacial score (nSPS) is 36.4. The van der Waals surface area contributed by atoms with E-state index >= 15 is 0 Å². The molecule has 210 valence electrons. The Hall–Kier alpha value is -2.77. The Labute approximate surface area is 225 Å². The highest BCUT2D eigenvalue weighted by Crippen LogP contribution is 2.52. The molecule has 1 heterocycles. The number of carbonyl (C=O) groups excluding carboxylic acids is 3. The first-order chi connectivity index (χ1) is 18.4. The topological polar surface area (TPSA) is 172 Å². The maximum absolute atomic E-state index is 14.1. The summed E-state index contributed by atoms with van der Waals surface area (Å²) in [6.07, 6.45) is -4.81. The van der Waals surface area contributed by atoms with Crippen molar-refractivity contribution in [2.45, 2.75) is 81.6 Å². The van der Waals surface area contributed by atoms with E-state index in [0.29, 0.717) is 0 Å². The van der Waals surface area contributed by atoms with Crippen LogP contribution < -0.4 is 10.1 Å². The van der Waals surface area contributed by atoms with E-state index in [4.69, 9.17) is 14.2 Å². The van der Waals surface area contributed by atoms with E-state index in [0.717, 1.165) is 0 Å². The van der Waals surface area contributed by atoms with Crippen LogP contribution in [0.3, 0.4) is 0 Å². The zero-order chi connectivity index (χ0) is 28.4. The zero-order valence-corrected chi connectivity index (χ0v) is 22.2. The fraction of sp³-hybridized carbons (Fsp3) is 0.536. The van der Waals surface area contributed by atoms with Gasteiger partial charge in [-0.3, -0.25) is 14.4 Å². The Kier molecular flexibility index (Phi) is 6.91. The minimum Gasteiger partial charge on any atom is -0.496 e. The van der Waals surface area contributed by atoms with Gasteiger partial charge in [-0.2, -0.15) is 0 Å². The molecule has 1 aromatic carbocycles. The van der Waals surface area contributed by atoms with Crippen LogP contribution >= 0.6 is 0 Å². The lowest BCUT2D eigenvalue weighted by atomic mass is 9.64. The van der Waals surface area contributed by atoms with E-state index in [-0.39, 0.29) is 59.3 Å². The molecule has 0 radical (unpaired) electrons. The van der Waals surface area contributed by atoms with E-state index in [1.54, 1.807) is 14.0 Å². The summed E-state index contributed by atoms with van der Waals surface area (Å²) in [6.45, 7) is 2.87. The molecule has 0 bridgehead atoms. The lowest BCUT2D eigenvalue weighted by Gasteiger charge is -2.48. The Balaban J connectivity index is 1.68. The third-order valence-corrected chi connectivity index (χ3v) is 8.50. The Morgan fingerprint density at radius 3 is 2.54 bits per heavy atom. The molecule has 1 aliphatic heterocycles. The number of aliphatic hydroxyl groups excluding tert-OH is 2. The summed E-state index contributed by atoms with van der Waals surface area (Å²) in [5, 5.41) is 48.3. The minimum atomic E-state index is -2.53. The predicted molar refractivity (Wildman–Crippen MR) is 135 cm³/mol. The fourth-order valence-electron chi connectivity index (χ4n) is 6.24. The molecule has 0 amide bonds. The van der Waals surface area contributed by atoms with Crippen LogP contribution in [-0.4, -0.2) is 94.0 Å². The van der Waals surface area contributed by atoms with Crippen molar-refractivity contribution in [3.05, 3.63) is 51.6 Å². The molecule has 1 aromatic rings. The number of rotatable bonds is 5. The summed E-state index contributed by atoms with van der Waals surface area (Å²) in [5.41, 5.74) is -2.61. The van der Waals surface area contributed by atoms with E-state index in [1.165, 1.54) is 32.2 Å². The summed E-state index contributed by atoms with van der Waals surface area (Å²) >= 11 is 0. The van der Waals surface area contributed by atoms with Gasteiger partial charge in [0.1, 0.15) is 17.5 Å². The van der Waals surface area contributed by atoms with Crippen molar-refractivity contribution in [3.8, 4) is 5.75 Å². The van der Waals surface area contributed by atoms with Crippen LogP contribution in [0.15, 0.2) is 40.5 Å². The van der Waals surface area contributed by atoms with Crippen LogP contribution in [0, 0.1) is 0 Å². The van der Waals surface area contributed by atoms with Crippen molar-refractivity contribution < 1.29 is 49.0 Å². The number of benzene rings is 1. The third-order valence-electron chi connectivity index (χ3n) is 8.50. The highest BCUT2D eigenvalue weighted by atomic mass is 16.7. The standard InChI is InChI=1S/C28H33NO10/c1-12-23(31)17(29-3)10-19(38-12)39-28(36)16-8-9-27(35,13(2)30)11-15(16)25(33)21-22(28)26(34)20-14(24(21)32)6-5-7-18(20)37-4/h5-7,12,17,19,23,25,29,31,33,35-36H,8-11H2,1-4H3/t12-,17-,19-,23+,25?,27-,28?/m0/s1. The van der Waals surface area contributed by atoms with E-state index in [9.17, 15) is 34.8 Å². The van der Waals surface area contributed by atoms with Crippen molar-refractivity contribution in [1.82, 2.24) is 5.32 Å². The first-order valence-corrected chi connectivity index (χ1v) is 12.9. The average molecular weight is 544 g/mol. The SMILES string of the molecule is CN[C@H]1C[C@H](OC2(O)C3=C(C[C@](O)(C(C)=O)CC3)C(O)C3=C2C(=O)c2c(OC)cccc2C3=O)O[C@@H](C)[C@H]1O. The van der Waals surface area contributed by atoms with E-state index in [2.05, 4.69) is 5.32 Å². The van der Waals surface area contributed by atoms with E-state index < -0.39 is 65.0 Å². The molecule has 3 aliphatic carbocycles. The lowest BCUT2D eigenvalue weighted by Crippen LogP contribution is -2.58. The number of Topliss-reactive ketones (excluding diaryl/α,β-unsaturated/α-hetero) is 3. The van der Waals surface area contributed by atoms with Gasteiger partial charge in [0, 0.05) is 30.0 Å². The van der Waals surface area contributed by atoms with Gasteiger partial charge in [-0.25, -0.2) is 0 Å². The van der Waals surface area contributed by atoms with Gasteiger partial charge in [0.05, 0.1) is 30.5 Å². The van der Waals surface area contributed by atoms with Crippen LogP contribution in [0.25, 0.3) is 0 Å². The molecule has 7 atom stereocenters. The average Bonchev–Trinajstić information content (AvgIpc) is 2.90. The van der Waals surface area contributed by atoms with Crippen molar-refractivity contribution in [3.63, 3.8) is 0 Å². The fourth-order valence-corrected chi connectivity index (χ4v) is 6.24. The first kappa shape index (κ1) is 27.8. The van der Waals surface area contributed by atoms with E-state index in [1.807, 2.05) is 0 Å². The Morgan fingerprint density at radius 2 is 1.90 bits per heavy atom. The maximum atomic E-state index is 14.1. The number of nitrogens with one attached hydrogen (secondary N) is 1. The molecule has 5 rings (SSSR count). The summed E-state index contributed by atoms with van der Waals surface area (Å²) in [5.74, 6) is -4.41. The van der Waals surface area contributed by atoms with Gasteiger partial charge in [0.25, 0.3) is 0 Å². The van der Waals surface area contributed by atoms with Gasteiger partial charge >= 0.3 is 0 Å². The number of carbonyl (C=O) groups is 3. The van der Waals surface area contributed by atoms with Crippen molar-refractivity contribution in [2.24, 2.45) is 0 Å². The van der Waals surface area contributed by atoms with Crippen molar-refractivity contribution in [2.75, 3.05) is 14.2 Å². The second-order valence-electron chi connectivity index (χ2n) is 10.7. The molecule has 1 saturated heterocycles. The molecular weight excluding hydrogens is 510 g/mol. The summed E-state index contributed by atoms with van der Waals surface area (Å²) in [4.78, 5) is 40.2. The Bertz CT molecular complexity index is 1320. The molecular formula is C28H33NO10. The van der Waals surface area contributed by atoms with Gasteiger partial charge in [0.15, 0.2) is 23.6 Å². The van der Waals surface area contributed by atoms with Gasteiger partial charge in [0.2, 0.25) is 5.79 Å². The third kappa shape index (κ3) is 4.12. The van der Waals surface area contributed by atoms with Crippen molar-refractivity contribution in [1.29, 1.82) is 0 Å². The largest absolute Gasteiger partial charge is 0.496 e. The highest BCUT2D eigenvalue weighted by molar-refractivity contribution is 6.29. The summed E-state index contributed by atoms with van der Waals surface area (Å²) in [7, 11) is 3.01. The molecule has 4 aliphatic rings. The molecule has 39 heavy (non-hydrogen) atoms. The number of likely N-dealkylation sites (N-methyl/N-ethyl adjacent to an activating group) is 1. The predicted octanol–water partition coefficient (Wildman–Crippen LogP) is 0.335. The summed E-state index contributed by atoms with van der Waals surface area (Å²) < 4.78 is 17.4. The van der Waals surface area contributed by atoms with Crippen molar-refractivity contribution >= 4 is 17.3 Å². The molecule has 2 unspecified atom stereocenters. The van der Waals surface area contributed by atoms with Gasteiger partial charge in [-0.15, -0.1) is 0 Å². The molecule has 0 aromatic heterocycles. The second-order valence-corrected chi connectivity index (χ2v) is 10.7. The highest BCUT2D eigenvalue weighted by Gasteiger charge is 2.58. The van der Waals surface area contributed by atoms with Crippen LogP contribution in [0.5, 0.6) is 5.75 Å². The second kappa shape index (κ2) is 9.70. The smallest absolute Gasteiger partial charge is 0.222 e. The zero-order valence-electron chi connectivity index (χ0n) is 22.2. The Morgan fingerprint density at radius 1 is 1.18 bits per heavy atom. The number of ketones is 3. The molecule has 0 spiro atoms. The van der Waals surface area contributed by atoms with Crippen LogP contribution in [0.4, 0.5) is 0 Å². The monoisotopic (exact) mass is 543 g/mol. The number of hydrogen-bond donors (Lipinski definition) is 5. The van der Waals surface area contributed by atoms with Gasteiger partial charge in [-0.05, 0) is 50.9 Å². The van der Waals surface area contributed by atoms with Crippen LogP contribution in [0.2, 0.25) is 0 Å². The number of hydrogen-bond acceptors (Lipinski definition) is 11. The molecule has 1 fully saturated rings. The first-order valence-electron chi connectivity index (χ1n) is 12.9. The maximum Gasteiger partial charge on any atom is 0.222 e. The molecule has 0 saturated carbocycles. The number of methoxy groups -OCH3 is 1. The van der Waals surface area contributed by atoms with Crippen LogP contribution in [0.1, 0.15) is 60.2 Å².